The van der Waals surface area contributed by atoms with Crippen LogP contribution in [0, 0.1) is 6.92 Å². The van der Waals surface area contributed by atoms with Gasteiger partial charge in [0.05, 0.1) is 17.3 Å². The van der Waals surface area contributed by atoms with Crippen molar-refractivity contribution in [2.45, 2.75) is 23.5 Å². The maximum Gasteiger partial charge on any atom is 0.185 e. The lowest BCUT2D eigenvalue weighted by molar-refractivity contribution is 0.0980. The summed E-state index contributed by atoms with van der Waals surface area (Å²) >= 11 is 12.3. The number of sulfone groups is 1. The van der Waals surface area contributed by atoms with Gasteiger partial charge in [0.1, 0.15) is 5.75 Å². The Morgan fingerprint density at radius 2 is 1.60 bits per heavy atom. The fourth-order valence-corrected chi connectivity index (χ4v) is 5.46. The van der Waals surface area contributed by atoms with Gasteiger partial charge in [-0.1, -0.05) is 47.0 Å². The van der Waals surface area contributed by atoms with Crippen molar-refractivity contribution in [3.63, 3.8) is 0 Å². The number of benzene rings is 3. The van der Waals surface area contributed by atoms with Crippen molar-refractivity contribution in [2.24, 2.45) is 0 Å². The fourth-order valence-electron chi connectivity index (χ4n) is 3.10. The molecule has 0 heterocycles. The van der Waals surface area contributed by atoms with Crippen LogP contribution in [0.5, 0.6) is 5.75 Å². The van der Waals surface area contributed by atoms with Gasteiger partial charge < -0.3 is 4.74 Å². The van der Waals surface area contributed by atoms with E-state index >= 15 is 0 Å². The maximum atomic E-state index is 13.5. The summed E-state index contributed by atoms with van der Waals surface area (Å²) in [5.74, 6) is 0.292. The lowest BCUT2D eigenvalue weighted by Crippen LogP contribution is -2.18. The average Bonchev–Trinajstić information content (AvgIpc) is 2.72. The molecule has 0 amide bonds. The summed E-state index contributed by atoms with van der Waals surface area (Å²) < 4.78 is 32.1. The second-order valence-electron chi connectivity index (χ2n) is 6.87. The van der Waals surface area contributed by atoms with Gasteiger partial charge in [-0.3, -0.25) is 4.79 Å². The predicted octanol–water partition coefficient (Wildman–Crippen LogP) is 6.10. The topological polar surface area (TPSA) is 60.4 Å². The van der Waals surface area contributed by atoms with Crippen molar-refractivity contribution >= 4 is 38.8 Å². The highest BCUT2D eigenvalue weighted by molar-refractivity contribution is 7.91. The first kappa shape index (κ1) is 22.3. The molecular formula is C23H20Cl2O4S. The number of rotatable bonds is 7. The van der Waals surface area contributed by atoms with Crippen LogP contribution in [-0.2, 0) is 9.84 Å². The molecule has 0 N–H and O–H groups in total. The molecule has 0 spiro atoms. The zero-order chi connectivity index (χ0) is 21.9. The fraction of sp³-hybridized carbons (Fsp3) is 0.174. The van der Waals surface area contributed by atoms with E-state index in [0.717, 1.165) is 5.56 Å². The lowest BCUT2D eigenvalue weighted by Gasteiger charge is -2.19. The Bertz CT molecular complexity index is 1150. The third-order valence-electron chi connectivity index (χ3n) is 4.82. The summed E-state index contributed by atoms with van der Waals surface area (Å²) in [5.41, 5.74) is 1.66. The van der Waals surface area contributed by atoms with Crippen molar-refractivity contribution in [1.82, 2.24) is 0 Å². The number of carbonyl (C=O) groups is 1. The standard InChI is InChI=1S/C23H20Cl2O4S/c1-15-3-10-19(11-4-15)30(27,28)23(20-12-7-17(24)13-21(20)25)14-22(26)16-5-8-18(29-2)9-6-16/h3-13,23H,14H2,1-2H3/t23-/m0/s1. The number of ether oxygens (including phenoxy) is 1. The highest BCUT2D eigenvalue weighted by Gasteiger charge is 2.33. The summed E-state index contributed by atoms with van der Waals surface area (Å²) in [6.07, 6.45) is -0.260. The van der Waals surface area contributed by atoms with Gasteiger partial charge in [-0.2, -0.15) is 0 Å². The normalized spacial score (nSPS) is 12.4. The van der Waals surface area contributed by atoms with Crippen molar-refractivity contribution in [3.8, 4) is 5.75 Å². The van der Waals surface area contributed by atoms with Crippen molar-refractivity contribution in [3.05, 3.63) is 93.5 Å². The summed E-state index contributed by atoms with van der Waals surface area (Å²) in [6, 6.07) is 17.7. The molecule has 0 saturated heterocycles. The zero-order valence-corrected chi connectivity index (χ0v) is 18.8. The van der Waals surface area contributed by atoms with Crippen LogP contribution >= 0.6 is 23.2 Å². The molecule has 0 aliphatic heterocycles. The predicted molar refractivity (Wildman–Crippen MR) is 120 cm³/mol. The minimum atomic E-state index is -3.90. The molecule has 0 aliphatic carbocycles. The van der Waals surface area contributed by atoms with E-state index in [-0.39, 0.29) is 22.1 Å². The van der Waals surface area contributed by atoms with Crippen LogP contribution in [0.3, 0.4) is 0 Å². The lowest BCUT2D eigenvalue weighted by atomic mass is 10.0. The van der Waals surface area contributed by atoms with Crippen LogP contribution in [-0.4, -0.2) is 21.3 Å². The zero-order valence-electron chi connectivity index (χ0n) is 16.4. The number of carbonyl (C=O) groups excluding carboxylic acids is 1. The first-order valence-corrected chi connectivity index (χ1v) is 11.5. The van der Waals surface area contributed by atoms with E-state index in [2.05, 4.69) is 0 Å². The first-order chi connectivity index (χ1) is 14.2. The van der Waals surface area contributed by atoms with Crippen LogP contribution in [0.15, 0.2) is 71.6 Å². The van der Waals surface area contributed by atoms with Crippen LogP contribution in [0.25, 0.3) is 0 Å². The molecule has 3 rings (SSSR count). The molecule has 3 aromatic carbocycles. The largest absolute Gasteiger partial charge is 0.497 e. The van der Waals surface area contributed by atoms with Gasteiger partial charge in [0.15, 0.2) is 15.6 Å². The molecule has 0 radical (unpaired) electrons. The van der Waals surface area contributed by atoms with E-state index in [9.17, 15) is 13.2 Å². The number of halogens is 2. The quantitative estimate of drug-likeness (QED) is 0.398. The van der Waals surface area contributed by atoms with Crippen molar-refractivity contribution < 1.29 is 17.9 Å². The van der Waals surface area contributed by atoms with E-state index in [1.165, 1.54) is 13.2 Å². The smallest absolute Gasteiger partial charge is 0.185 e. The molecule has 1 atom stereocenters. The van der Waals surface area contributed by atoms with E-state index in [0.29, 0.717) is 21.9 Å². The minimum Gasteiger partial charge on any atom is -0.497 e. The van der Waals surface area contributed by atoms with Gasteiger partial charge >= 0.3 is 0 Å². The number of hydrogen-bond acceptors (Lipinski definition) is 4. The van der Waals surface area contributed by atoms with Crippen molar-refractivity contribution in [2.75, 3.05) is 7.11 Å². The number of aryl methyl sites for hydroxylation is 1. The molecule has 3 aromatic rings. The minimum absolute atomic E-state index is 0.131. The summed E-state index contributed by atoms with van der Waals surface area (Å²) in [4.78, 5) is 13.1. The molecule has 4 nitrogen and oxygen atoms in total. The highest BCUT2D eigenvalue weighted by atomic mass is 35.5. The van der Waals surface area contributed by atoms with E-state index in [1.807, 2.05) is 6.92 Å². The highest BCUT2D eigenvalue weighted by Crippen LogP contribution is 2.37. The average molecular weight is 463 g/mol. The summed E-state index contributed by atoms with van der Waals surface area (Å²) in [7, 11) is -2.36. The Balaban J connectivity index is 2.05. The number of hydrogen-bond donors (Lipinski definition) is 0. The summed E-state index contributed by atoms with van der Waals surface area (Å²) in [6.45, 7) is 1.87. The van der Waals surface area contributed by atoms with Gasteiger partial charge in [0.2, 0.25) is 0 Å². The Kier molecular flexibility index (Phi) is 6.86. The number of methoxy groups -OCH3 is 1. The Labute approximate surface area is 186 Å². The third kappa shape index (κ3) is 4.86. The Hall–Kier alpha value is -2.34. The number of ketones is 1. The third-order valence-corrected chi connectivity index (χ3v) is 7.48. The first-order valence-electron chi connectivity index (χ1n) is 9.15. The number of Topliss-reactive ketones (excluding diaryl/α,β-unsaturated/α-hetero) is 1. The van der Waals surface area contributed by atoms with Gasteiger partial charge in [0.25, 0.3) is 0 Å². The molecule has 7 heteroatoms. The van der Waals surface area contributed by atoms with E-state index < -0.39 is 15.1 Å². The molecule has 0 saturated carbocycles. The van der Waals surface area contributed by atoms with E-state index in [4.69, 9.17) is 27.9 Å². The van der Waals surface area contributed by atoms with E-state index in [1.54, 1.807) is 60.7 Å². The molecule has 30 heavy (non-hydrogen) atoms. The Morgan fingerprint density at radius 1 is 0.967 bits per heavy atom. The second-order valence-corrected chi connectivity index (χ2v) is 9.84. The maximum absolute atomic E-state index is 13.5. The molecule has 0 unspecified atom stereocenters. The SMILES string of the molecule is COc1ccc(C(=O)C[C@@H](c2ccc(Cl)cc2Cl)S(=O)(=O)c2ccc(C)cc2)cc1. The van der Waals surface area contributed by atoms with Crippen LogP contribution in [0.1, 0.15) is 33.2 Å². The van der Waals surface area contributed by atoms with Crippen LogP contribution in [0.2, 0.25) is 10.0 Å². The molecule has 0 aliphatic rings. The molecule has 0 bridgehead atoms. The molecule has 0 fully saturated rings. The molecular weight excluding hydrogens is 443 g/mol. The monoisotopic (exact) mass is 462 g/mol. The summed E-state index contributed by atoms with van der Waals surface area (Å²) in [5, 5.41) is -0.568. The van der Waals surface area contributed by atoms with Gasteiger partial charge in [0, 0.05) is 22.0 Å². The second kappa shape index (κ2) is 9.21. The van der Waals surface area contributed by atoms with Crippen molar-refractivity contribution in [1.29, 1.82) is 0 Å². The van der Waals surface area contributed by atoms with Gasteiger partial charge in [-0.05, 0) is 61.0 Å². The molecule has 156 valence electrons. The molecule has 0 aromatic heterocycles. The van der Waals surface area contributed by atoms with Crippen LogP contribution in [0.4, 0.5) is 0 Å². The Morgan fingerprint density at radius 3 is 2.17 bits per heavy atom. The van der Waals surface area contributed by atoms with Gasteiger partial charge in [-0.25, -0.2) is 8.42 Å². The van der Waals surface area contributed by atoms with Crippen LogP contribution < -0.4 is 4.74 Å². The van der Waals surface area contributed by atoms with Gasteiger partial charge in [-0.15, -0.1) is 0 Å².